The molecule has 3 aromatic carbocycles. The number of ether oxygens (including phenoxy) is 1. The van der Waals surface area contributed by atoms with E-state index in [1.54, 1.807) is 6.20 Å². The van der Waals surface area contributed by atoms with Gasteiger partial charge in [0, 0.05) is 12.1 Å². The van der Waals surface area contributed by atoms with E-state index in [0.717, 1.165) is 63.3 Å². The Bertz CT molecular complexity index is 1940. The summed E-state index contributed by atoms with van der Waals surface area (Å²) >= 11 is 0. The van der Waals surface area contributed by atoms with Crippen LogP contribution in [0.2, 0.25) is 0 Å². The minimum atomic E-state index is -0.715. The van der Waals surface area contributed by atoms with Gasteiger partial charge in [0.2, 0.25) is 5.91 Å². The van der Waals surface area contributed by atoms with Crippen LogP contribution in [-0.2, 0) is 22.6 Å². The van der Waals surface area contributed by atoms with E-state index in [1.807, 2.05) is 18.3 Å². The molecule has 47 heavy (non-hydrogen) atoms. The number of nitrogens with one attached hydrogen (secondary N) is 3. The minimum Gasteiger partial charge on any atom is -0.453 e. The number of H-pyrrole nitrogens is 2. The summed E-state index contributed by atoms with van der Waals surface area (Å²) in [5.74, 6) is 1.08. The number of alkyl carbamates (subject to hydrolysis) is 1. The molecule has 1 saturated carbocycles. The van der Waals surface area contributed by atoms with Crippen LogP contribution in [0.25, 0.3) is 44.4 Å². The summed E-state index contributed by atoms with van der Waals surface area (Å²) in [5.41, 5.74) is 6.11. The number of benzene rings is 3. The van der Waals surface area contributed by atoms with Crippen LogP contribution in [-0.4, -0.2) is 80.7 Å². The second-order valence-corrected chi connectivity index (χ2v) is 13.4. The molecule has 0 radical (unpaired) electrons. The van der Waals surface area contributed by atoms with Gasteiger partial charge in [0.25, 0.3) is 0 Å². The van der Waals surface area contributed by atoms with E-state index in [9.17, 15) is 14.9 Å². The highest BCUT2D eigenvalue weighted by atomic mass is 31.0. The van der Waals surface area contributed by atoms with Crippen molar-refractivity contribution in [2.45, 2.75) is 31.1 Å². The maximum absolute atomic E-state index is 12.5. The lowest BCUT2D eigenvalue weighted by molar-refractivity contribution is -0.130. The quantitative estimate of drug-likeness (QED) is 0.123. The molecule has 11 nitrogen and oxygen atoms in total. The second-order valence-electron chi connectivity index (χ2n) is 12.1. The number of carbonyl (C=O) groups is 2. The third-order valence-electron chi connectivity index (χ3n) is 8.36. The van der Waals surface area contributed by atoms with Gasteiger partial charge in [-0.25, -0.2) is 14.8 Å². The summed E-state index contributed by atoms with van der Waals surface area (Å²) in [6.07, 6.45) is 5.46. The van der Waals surface area contributed by atoms with E-state index in [2.05, 4.69) is 106 Å². The molecule has 0 spiro atoms. The number of aromatic nitrogens is 4. The van der Waals surface area contributed by atoms with Crippen LogP contribution >= 0.6 is 9.24 Å². The first-order valence-electron chi connectivity index (χ1n) is 15.4. The van der Waals surface area contributed by atoms with Gasteiger partial charge in [-0.15, -0.1) is 9.24 Å². The third kappa shape index (κ3) is 7.86. The molecule has 1 atom stereocenters. The average molecular weight is 649 g/mol. The number of hydrogen-bond acceptors (Lipinski definition) is 7. The first-order valence-corrected chi connectivity index (χ1v) is 16.0. The van der Waals surface area contributed by atoms with Gasteiger partial charge < -0.3 is 24.9 Å². The zero-order chi connectivity index (χ0) is 33.0. The van der Waals surface area contributed by atoms with Crippen molar-refractivity contribution in [1.82, 2.24) is 35.1 Å². The second kappa shape index (κ2) is 13.8. The molecule has 0 saturated heterocycles. The molecule has 1 unspecified atom stereocenters. The number of methoxy groups -OCH3 is 1. The lowest BCUT2D eigenvalue weighted by atomic mass is 9.98. The van der Waals surface area contributed by atoms with Gasteiger partial charge >= 0.3 is 6.09 Å². The minimum absolute atomic E-state index is 0.0999. The summed E-state index contributed by atoms with van der Waals surface area (Å²) in [6.45, 7) is 1.55. The summed E-state index contributed by atoms with van der Waals surface area (Å²) in [4.78, 5) is 43.3. The van der Waals surface area contributed by atoms with E-state index in [4.69, 9.17) is 0 Å². The van der Waals surface area contributed by atoms with Gasteiger partial charge in [-0.2, -0.15) is 5.26 Å². The smallest absolute Gasteiger partial charge is 0.407 e. The molecule has 0 bridgehead atoms. The number of aromatic amines is 2. The van der Waals surface area contributed by atoms with Crippen LogP contribution in [0.15, 0.2) is 73.1 Å². The molecule has 0 aliphatic heterocycles. The maximum atomic E-state index is 12.5. The highest BCUT2D eigenvalue weighted by Gasteiger charge is 2.38. The molecule has 1 fully saturated rings. The van der Waals surface area contributed by atoms with E-state index in [0.29, 0.717) is 11.0 Å². The molecule has 2 heterocycles. The normalized spacial score (nSPS) is 13.3. The largest absolute Gasteiger partial charge is 0.453 e. The van der Waals surface area contributed by atoms with Crippen molar-refractivity contribution in [3.05, 3.63) is 84.7 Å². The van der Waals surface area contributed by atoms with Crippen LogP contribution in [0.3, 0.4) is 0 Å². The van der Waals surface area contributed by atoms with Gasteiger partial charge in [-0.05, 0) is 64.6 Å². The average Bonchev–Trinajstić information content (AvgIpc) is 3.41. The zero-order valence-corrected chi connectivity index (χ0v) is 27.6. The van der Waals surface area contributed by atoms with Crippen molar-refractivity contribution in [1.29, 1.82) is 5.26 Å². The first-order chi connectivity index (χ1) is 22.7. The molecule has 1 aliphatic carbocycles. The number of hydrogen-bond donors (Lipinski definition) is 3. The van der Waals surface area contributed by atoms with Gasteiger partial charge in [0.1, 0.15) is 24.7 Å². The van der Waals surface area contributed by atoms with Crippen LogP contribution in [0.4, 0.5) is 4.79 Å². The fourth-order valence-corrected chi connectivity index (χ4v) is 6.07. The Kier molecular flexibility index (Phi) is 9.34. The number of rotatable bonds is 12. The van der Waals surface area contributed by atoms with Crippen molar-refractivity contribution in [3.63, 3.8) is 0 Å². The molecule has 2 aromatic heterocycles. The molecule has 3 N–H and O–H groups in total. The number of nitriles is 1. The maximum Gasteiger partial charge on any atom is 0.407 e. The van der Waals surface area contributed by atoms with Crippen LogP contribution in [0.1, 0.15) is 24.5 Å². The highest BCUT2D eigenvalue weighted by Crippen LogP contribution is 2.45. The van der Waals surface area contributed by atoms with E-state index in [-0.39, 0.29) is 19.6 Å². The third-order valence-corrected chi connectivity index (χ3v) is 9.12. The fraction of sp³-hybridized carbons (Fsp3) is 0.286. The van der Waals surface area contributed by atoms with E-state index < -0.39 is 12.0 Å². The van der Waals surface area contributed by atoms with Crippen molar-refractivity contribution < 1.29 is 14.3 Å². The molecular weight excluding hydrogens is 611 g/mol. The standard InChI is InChI=1S/C35H37N8O3P/c1-42(22-35(47)11-12-35)20-31-37-17-29(40-31)24-5-3-23(4-6-24)25-7-8-27-16-28(10-9-26(27)15-25)30-18-38-32(41-30)21-43(14-13-36)33(44)19-39-34(45)46-2/h3-10,15-18H,11-12,14,19-22,47H2,1-2H3,(H,37,40)(H,38,41)(H,39,45). The number of carbonyl (C=O) groups excluding carboxylic acids is 2. The molecule has 2 amide bonds. The fourth-order valence-electron chi connectivity index (χ4n) is 5.61. The molecular formula is C35H37N8O3P. The molecule has 12 heteroatoms. The Morgan fingerprint density at radius 3 is 2.13 bits per heavy atom. The lowest BCUT2D eigenvalue weighted by Gasteiger charge is -2.19. The lowest BCUT2D eigenvalue weighted by Crippen LogP contribution is -2.40. The Morgan fingerprint density at radius 2 is 1.49 bits per heavy atom. The summed E-state index contributed by atoms with van der Waals surface area (Å²) in [7, 11) is 6.36. The Morgan fingerprint density at radius 1 is 0.915 bits per heavy atom. The number of fused-ring (bicyclic) bond motifs is 1. The van der Waals surface area contributed by atoms with Crippen molar-refractivity contribution in [2.24, 2.45) is 0 Å². The van der Waals surface area contributed by atoms with Gasteiger partial charge in [-0.1, -0.05) is 48.5 Å². The summed E-state index contributed by atoms with van der Waals surface area (Å²) in [6, 6.07) is 23.1. The van der Waals surface area contributed by atoms with E-state index in [1.165, 1.54) is 24.9 Å². The van der Waals surface area contributed by atoms with Crippen molar-refractivity contribution >= 4 is 32.0 Å². The molecule has 5 aromatic rings. The molecule has 6 rings (SSSR count). The zero-order valence-electron chi connectivity index (χ0n) is 26.4. The Balaban J connectivity index is 1.10. The van der Waals surface area contributed by atoms with Gasteiger partial charge in [0.05, 0.1) is 50.1 Å². The summed E-state index contributed by atoms with van der Waals surface area (Å²) in [5, 5.41) is 14.1. The first kappa shape index (κ1) is 31.9. The number of nitrogens with zero attached hydrogens (tertiary/aromatic N) is 5. The van der Waals surface area contributed by atoms with Crippen LogP contribution in [0.5, 0.6) is 0 Å². The van der Waals surface area contributed by atoms with Crippen LogP contribution < -0.4 is 5.32 Å². The van der Waals surface area contributed by atoms with E-state index >= 15 is 0 Å². The topological polar surface area (TPSA) is 143 Å². The summed E-state index contributed by atoms with van der Waals surface area (Å²) < 4.78 is 4.50. The predicted octanol–water partition coefficient (Wildman–Crippen LogP) is 5.33. The van der Waals surface area contributed by atoms with Gasteiger partial charge in [-0.3, -0.25) is 9.69 Å². The van der Waals surface area contributed by atoms with Crippen molar-refractivity contribution in [2.75, 3.05) is 33.8 Å². The SMILES string of the molecule is COC(=O)NCC(=O)N(CC#N)Cc1ncc(-c2ccc3cc(-c4ccc(-c5cnc(CN(C)CC6(P)CC6)[nH]5)cc4)ccc3c2)[nH]1. The Labute approximate surface area is 275 Å². The monoisotopic (exact) mass is 648 g/mol. The van der Waals surface area contributed by atoms with Crippen LogP contribution in [0, 0.1) is 11.3 Å². The number of amides is 2. The molecule has 1 aliphatic rings. The Hall–Kier alpha value is -5.04. The predicted molar refractivity (Wildman–Crippen MR) is 184 cm³/mol. The number of imidazole rings is 2. The van der Waals surface area contributed by atoms with Gasteiger partial charge in [0.15, 0.2) is 0 Å². The van der Waals surface area contributed by atoms with Crippen molar-refractivity contribution in [3.8, 4) is 39.7 Å². The highest BCUT2D eigenvalue weighted by molar-refractivity contribution is 7.19. The molecule has 240 valence electrons.